The number of benzene rings is 4. The van der Waals surface area contributed by atoms with Crippen LogP contribution in [0.15, 0.2) is 102 Å². The number of amides is 1. The van der Waals surface area contributed by atoms with Crippen LogP contribution >= 0.6 is 0 Å². The molecule has 12 heteroatoms. The monoisotopic (exact) mass is 614 g/mol. The van der Waals surface area contributed by atoms with E-state index in [0.717, 1.165) is 23.4 Å². The highest BCUT2D eigenvalue weighted by molar-refractivity contribution is 6.54. The molecule has 2 aliphatic rings. The lowest BCUT2D eigenvalue weighted by Gasteiger charge is -2.37. The van der Waals surface area contributed by atoms with E-state index < -0.39 is 16.7 Å². The Balaban J connectivity index is 1.14. The Bertz CT molecular complexity index is 1750. The Kier molecular flexibility index (Phi) is 8.22. The maximum Gasteiger partial charge on any atom is 0.416 e. The van der Waals surface area contributed by atoms with E-state index in [4.69, 9.17) is 0 Å². The van der Waals surface area contributed by atoms with E-state index >= 15 is 0 Å². The van der Waals surface area contributed by atoms with Crippen LogP contribution in [0.25, 0.3) is 0 Å². The van der Waals surface area contributed by atoms with Crippen molar-refractivity contribution < 1.29 is 22.9 Å². The minimum Gasteiger partial charge on any atom is -0.375 e. The van der Waals surface area contributed by atoms with Crippen molar-refractivity contribution in [1.29, 1.82) is 0 Å². The number of nitro benzene ring substituents is 1. The summed E-state index contributed by atoms with van der Waals surface area (Å²) < 4.78 is 39.8. The molecular weight excluding hydrogens is 585 g/mol. The van der Waals surface area contributed by atoms with Gasteiger partial charge in [-0.1, -0.05) is 54.6 Å². The van der Waals surface area contributed by atoms with Crippen molar-refractivity contribution >= 4 is 40.1 Å². The predicted octanol–water partition coefficient (Wildman–Crippen LogP) is 6.47. The Morgan fingerprint density at radius 2 is 1.60 bits per heavy atom. The molecule has 1 amide bonds. The van der Waals surface area contributed by atoms with Crippen molar-refractivity contribution in [2.45, 2.75) is 12.7 Å². The second-order valence-corrected chi connectivity index (χ2v) is 10.8. The summed E-state index contributed by atoms with van der Waals surface area (Å²) in [6, 6.07) is 26.5. The highest BCUT2D eigenvalue weighted by atomic mass is 19.4. The smallest absolute Gasteiger partial charge is 0.375 e. The minimum atomic E-state index is -4.52. The number of piperazine rings is 1. The van der Waals surface area contributed by atoms with Crippen LogP contribution in [0.4, 0.5) is 41.6 Å². The number of nitro groups is 1. The van der Waals surface area contributed by atoms with Crippen LogP contribution in [0, 0.1) is 10.1 Å². The molecule has 1 fully saturated rings. The Morgan fingerprint density at radius 1 is 0.867 bits per heavy atom. The normalized spacial score (nSPS) is 16.2. The lowest BCUT2D eigenvalue weighted by atomic mass is 10.1. The average molecular weight is 615 g/mol. The number of nitrogens with zero attached hydrogens (tertiary/aromatic N) is 5. The van der Waals surface area contributed by atoms with Crippen molar-refractivity contribution in [1.82, 2.24) is 4.90 Å². The van der Waals surface area contributed by atoms with Crippen molar-refractivity contribution in [3.63, 3.8) is 0 Å². The lowest BCUT2D eigenvalue weighted by Crippen LogP contribution is -2.51. The standard InChI is InChI=1S/C33H29F3N6O3/c34-33(35,36)24-9-6-10-25(19-24)38-31-27-11-4-5-12-29(27)41(32(31)43)22-39-15-17-40(18-16-39)26-13-14-30(42(44)45)28(20-26)37-21-23-7-2-1-3-8-23/h1-14,19-20,37H,15-18,21-22H2. The molecule has 0 unspecified atom stereocenters. The van der Waals surface area contributed by atoms with Crippen molar-refractivity contribution in [2.75, 3.05) is 48.0 Å². The van der Waals surface area contributed by atoms with E-state index in [1.165, 1.54) is 18.2 Å². The minimum absolute atomic E-state index is 0.00197. The number of hydrogen-bond donors (Lipinski definition) is 1. The van der Waals surface area contributed by atoms with Crippen LogP contribution in [0.3, 0.4) is 0 Å². The van der Waals surface area contributed by atoms with E-state index in [1.807, 2.05) is 36.4 Å². The van der Waals surface area contributed by atoms with Gasteiger partial charge >= 0.3 is 6.18 Å². The van der Waals surface area contributed by atoms with Crippen molar-refractivity contribution in [3.8, 4) is 0 Å². The van der Waals surface area contributed by atoms with Gasteiger partial charge in [0.25, 0.3) is 11.6 Å². The van der Waals surface area contributed by atoms with Crippen molar-refractivity contribution in [2.24, 2.45) is 4.99 Å². The first-order chi connectivity index (χ1) is 21.7. The zero-order valence-electron chi connectivity index (χ0n) is 24.1. The maximum atomic E-state index is 13.6. The topological polar surface area (TPSA) is 94.3 Å². The number of carbonyl (C=O) groups is 1. The molecule has 4 aromatic carbocycles. The molecule has 0 atom stereocenters. The number of aliphatic imine (C=N–C) groups is 1. The van der Waals surface area contributed by atoms with Gasteiger partial charge in [0, 0.05) is 50.0 Å². The molecule has 2 aliphatic heterocycles. The summed E-state index contributed by atoms with van der Waals surface area (Å²) >= 11 is 0. The first-order valence-corrected chi connectivity index (χ1v) is 14.4. The summed E-state index contributed by atoms with van der Waals surface area (Å²) in [5, 5.41) is 14.9. The van der Waals surface area contributed by atoms with Gasteiger partial charge in [-0.25, -0.2) is 4.99 Å². The van der Waals surface area contributed by atoms with Gasteiger partial charge in [-0.15, -0.1) is 0 Å². The molecule has 6 rings (SSSR count). The third-order valence-corrected chi connectivity index (χ3v) is 7.89. The van der Waals surface area contributed by atoms with E-state index in [0.29, 0.717) is 49.7 Å². The fourth-order valence-electron chi connectivity index (χ4n) is 5.55. The molecule has 45 heavy (non-hydrogen) atoms. The van der Waals surface area contributed by atoms with E-state index in [2.05, 4.69) is 20.1 Å². The highest BCUT2D eigenvalue weighted by Gasteiger charge is 2.36. The first-order valence-electron chi connectivity index (χ1n) is 14.4. The number of fused-ring (bicyclic) bond motifs is 1. The van der Waals surface area contributed by atoms with Crippen LogP contribution in [-0.2, 0) is 17.5 Å². The molecule has 0 bridgehead atoms. The van der Waals surface area contributed by atoms with Crippen LogP contribution in [0.2, 0.25) is 0 Å². The van der Waals surface area contributed by atoms with Gasteiger partial charge in [-0.3, -0.25) is 24.7 Å². The summed E-state index contributed by atoms with van der Waals surface area (Å²) in [7, 11) is 0. The molecule has 0 aromatic heterocycles. The molecule has 1 saturated heterocycles. The molecule has 230 valence electrons. The van der Waals surface area contributed by atoms with Gasteiger partial charge in [-0.05, 0) is 42.0 Å². The SMILES string of the molecule is O=C1C(=Nc2cccc(C(F)(F)F)c2)c2ccccc2N1CN1CCN(c2ccc([N+](=O)[O-])c(NCc3ccccc3)c2)CC1. The Hall–Kier alpha value is -5.23. The largest absolute Gasteiger partial charge is 0.416 e. The fraction of sp³-hybridized carbons (Fsp3) is 0.212. The molecular formula is C33H29F3N6O3. The van der Waals surface area contributed by atoms with E-state index in [-0.39, 0.29) is 29.7 Å². The number of halogens is 3. The molecule has 0 spiro atoms. The van der Waals surface area contributed by atoms with Gasteiger partial charge in [-0.2, -0.15) is 13.2 Å². The lowest BCUT2D eigenvalue weighted by molar-refractivity contribution is -0.384. The summed E-state index contributed by atoms with van der Waals surface area (Å²) in [4.78, 5) is 35.1. The molecule has 0 aliphatic carbocycles. The number of hydrogen-bond acceptors (Lipinski definition) is 7. The van der Waals surface area contributed by atoms with Gasteiger partial charge in [0.2, 0.25) is 0 Å². The maximum absolute atomic E-state index is 13.6. The highest BCUT2D eigenvalue weighted by Crippen LogP contribution is 2.35. The zero-order valence-corrected chi connectivity index (χ0v) is 24.1. The Morgan fingerprint density at radius 3 is 2.33 bits per heavy atom. The summed E-state index contributed by atoms with van der Waals surface area (Å²) in [6.07, 6.45) is -4.52. The average Bonchev–Trinajstić information content (AvgIpc) is 3.30. The van der Waals surface area contributed by atoms with Gasteiger partial charge < -0.3 is 10.2 Å². The number of para-hydroxylation sites is 1. The number of nitrogens with one attached hydrogen (secondary N) is 1. The number of carbonyl (C=O) groups excluding carboxylic acids is 1. The fourth-order valence-corrected chi connectivity index (χ4v) is 5.55. The molecule has 0 saturated carbocycles. The predicted molar refractivity (Wildman–Crippen MR) is 167 cm³/mol. The third kappa shape index (κ3) is 6.50. The van der Waals surface area contributed by atoms with Crippen LogP contribution < -0.4 is 15.1 Å². The summed E-state index contributed by atoms with van der Waals surface area (Å²) in [6.45, 7) is 3.24. The number of alkyl halides is 3. The molecule has 9 nitrogen and oxygen atoms in total. The van der Waals surface area contributed by atoms with Crippen molar-refractivity contribution in [3.05, 3.63) is 124 Å². The van der Waals surface area contributed by atoms with E-state index in [9.17, 15) is 28.1 Å². The molecule has 1 N–H and O–H groups in total. The van der Waals surface area contributed by atoms with Crippen LogP contribution in [-0.4, -0.2) is 54.3 Å². The zero-order chi connectivity index (χ0) is 31.6. The van der Waals surface area contributed by atoms with E-state index in [1.54, 1.807) is 35.2 Å². The number of rotatable bonds is 8. The van der Waals surface area contributed by atoms with Crippen LogP contribution in [0.5, 0.6) is 0 Å². The second-order valence-electron chi connectivity index (χ2n) is 10.8. The molecule has 4 aromatic rings. The molecule has 2 heterocycles. The van der Waals surface area contributed by atoms with Gasteiger partial charge in [0.05, 0.1) is 28.5 Å². The number of anilines is 3. The summed E-state index contributed by atoms with van der Waals surface area (Å²) in [5.74, 6) is -0.374. The second kappa shape index (κ2) is 12.4. The third-order valence-electron chi connectivity index (χ3n) is 7.89. The van der Waals surface area contributed by atoms with Gasteiger partial charge in [0.1, 0.15) is 11.4 Å². The quantitative estimate of drug-likeness (QED) is 0.181. The first kappa shape index (κ1) is 29.8. The Labute approximate surface area is 257 Å². The summed E-state index contributed by atoms with van der Waals surface area (Å²) in [5.41, 5.74) is 2.85. The van der Waals surface area contributed by atoms with Gasteiger partial charge in [0.15, 0.2) is 0 Å². The molecule has 0 radical (unpaired) electrons. The van der Waals surface area contributed by atoms with Crippen LogP contribution in [0.1, 0.15) is 16.7 Å².